The van der Waals surface area contributed by atoms with Gasteiger partial charge in [-0.1, -0.05) is 33.1 Å². The molecule has 1 rings (SSSR count). The van der Waals surface area contributed by atoms with Gasteiger partial charge in [-0.25, -0.2) is 0 Å². The fraction of sp³-hybridized carbons (Fsp3) is 1.00. The topological polar surface area (TPSA) is 69.6 Å². The van der Waals surface area contributed by atoms with Crippen LogP contribution in [0.15, 0.2) is 0 Å². The number of nitrogens with zero attached hydrogens (tertiary/aromatic N) is 1. The normalized spacial score (nSPS) is 20.1. The molecular weight excluding hydrogens is 264 g/mol. The lowest BCUT2D eigenvalue weighted by Gasteiger charge is -2.31. The molecule has 0 bridgehead atoms. The van der Waals surface area contributed by atoms with Crippen LogP contribution in [-0.2, 0) is 10.2 Å². The van der Waals surface area contributed by atoms with E-state index in [2.05, 4.69) is 4.72 Å². The van der Waals surface area contributed by atoms with Gasteiger partial charge in [-0.3, -0.25) is 0 Å². The van der Waals surface area contributed by atoms with Gasteiger partial charge in [0, 0.05) is 19.1 Å². The van der Waals surface area contributed by atoms with E-state index >= 15 is 0 Å². The maximum atomic E-state index is 12.3. The summed E-state index contributed by atoms with van der Waals surface area (Å²) in [4.78, 5) is 0. The van der Waals surface area contributed by atoms with Gasteiger partial charge in [0.25, 0.3) is 10.2 Å². The van der Waals surface area contributed by atoms with Crippen molar-refractivity contribution in [1.29, 1.82) is 0 Å². The molecule has 2 N–H and O–H groups in total. The number of hydrogen-bond donors (Lipinski definition) is 2. The van der Waals surface area contributed by atoms with Crippen LogP contribution in [-0.4, -0.2) is 43.6 Å². The summed E-state index contributed by atoms with van der Waals surface area (Å²) in [5, 5.41) is 9.28. The molecule has 1 atom stereocenters. The van der Waals surface area contributed by atoms with Crippen LogP contribution in [0.3, 0.4) is 0 Å². The second kappa shape index (κ2) is 7.57. The molecule has 1 unspecified atom stereocenters. The number of rotatable bonds is 7. The third-order valence-electron chi connectivity index (χ3n) is 3.76. The molecule has 1 aliphatic rings. The van der Waals surface area contributed by atoms with Gasteiger partial charge in [-0.15, -0.1) is 0 Å². The molecule has 1 aliphatic carbocycles. The first-order valence-corrected chi connectivity index (χ1v) is 8.67. The van der Waals surface area contributed by atoms with Gasteiger partial charge in [0.1, 0.15) is 0 Å². The van der Waals surface area contributed by atoms with E-state index in [0.717, 1.165) is 25.7 Å². The van der Waals surface area contributed by atoms with Crippen LogP contribution in [0.4, 0.5) is 0 Å². The molecule has 0 amide bonds. The van der Waals surface area contributed by atoms with E-state index in [9.17, 15) is 13.5 Å². The van der Waals surface area contributed by atoms with Crippen molar-refractivity contribution in [3.63, 3.8) is 0 Å². The van der Waals surface area contributed by atoms with Crippen LogP contribution in [0.2, 0.25) is 0 Å². The molecule has 6 heteroatoms. The Labute approximate surface area is 117 Å². The average molecular weight is 292 g/mol. The van der Waals surface area contributed by atoms with Crippen molar-refractivity contribution in [2.45, 2.75) is 64.5 Å². The van der Waals surface area contributed by atoms with Crippen molar-refractivity contribution >= 4 is 10.2 Å². The molecule has 1 fully saturated rings. The Balaban J connectivity index is 2.62. The van der Waals surface area contributed by atoms with Crippen LogP contribution in [0, 0.1) is 5.92 Å². The number of nitrogens with one attached hydrogen (secondary N) is 1. The average Bonchev–Trinajstić information content (AvgIpc) is 2.37. The maximum Gasteiger partial charge on any atom is 0.279 e. The third-order valence-corrected chi connectivity index (χ3v) is 5.45. The summed E-state index contributed by atoms with van der Waals surface area (Å²) in [6, 6.07) is -0.291. The van der Waals surface area contributed by atoms with E-state index in [0.29, 0.717) is 12.3 Å². The third kappa shape index (κ3) is 5.38. The molecule has 1 saturated carbocycles. The zero-order valence-electron chi connectivity index (χ0n) is 12.3. The van der Waals surface area contributed by atoms with Crippen molar-refractivity contribution in [1.82, 2.24) is 9.03 Å². The predicted octanol–water partition coefficient (Wildman–Crippen LogP) is 1.49. The second-order valence-corrected chi connectivity index (χ2v) is 7.70. The van der Waals surface area contributed by atoms with Gasteiger partial charge in [0.15, 0.2) is 0 Å². The summed E-state index contributed by atoms with van der Waals surface area (Å²) in [5.74, 6) is 0.347. The SMILES string of the molecule is CC(C)CC(CO)NS(=O)(=O)N(C)C1CCCCC1. The first-order valence-electron chi connectivity index (χ1n) is 7.23. The monoisotopic (exact) mass is 292 g/mol. The Morgan fingerprint density at radius 1 is 1.26 bits per heavy atom. The smallest absolute Gasteiger partial charge is 0.279 e. The van der Waals surface area contributed by atoms with Crippen LogP contribution in [0.1, 0.15) is 52.4 Å². The number of aliphatic hydroxyl groups is 1. The molecule has 0 heterocycles. The van der Waals surface area contributed by atoms with E-state index in [4.69, 9.17) is 0 Å². The minimum atomic E-state index is -3.49. The molecule has 0 aromatic rings. The summed E-state index contributed by atoms with van der Waals surface area (Å²) in [5.41, 5.74) is 0. The van der Waals surface area contributed by atoms with Gasteiger partial charge >= 0.3 is 0 Å². The Hall–Kier alpha value is -0.170. The highest BCUT2D eigenvalue weighted by Gasteiger charge is 2.29. The van der Waals surface area contributed by atoms with Crippen LogP contribution in [0.5, 0.6) is 0 Å². The maximum absolute atomic E-state index is 12.3. The van der Waals surface area contributed by atoms with Gasteiger partial charge in [-0.2, -0.15) is 17.4 Å². The first-order chi connectivity index (χ1) is 8.86. The van der Waals surface area contributed by atoms with E-state index in [-0.39, 0.29) is 12.6 Å². The highest BCUT2D eigenvalue weighted by molar-refractivity contribution is 7.87. The second-order valence-electron chi connectivity index (χ2n) is 5.94. The minimum Gasteiger partial charge on any atom is -0.395 e. The molecule has 0 radical (unpaired) electrons. The molecule has 19 heavy (non-hydrogen) atoms. The van der Waals surface area contributed by atoms with Gasteiger partial charge < -0.3 is 5.11 Å². The summed E-state index contributed by atoms with van der Waals surface area (Å²) in [7, 11) is -1.85. The number of hydrogen-bond acceptors (Lipinski definition) is 3. The molecule has 5 nitrogen and oxygen atoms in total. The van der Waals surface area contributed by atoms with Gasteiger partial charge in [0.05, 0.1) is 6.61 Å². The van der Waals surface area contributed by atoms with Crippen LogP contribution >= 0.6 is 0 Å². The highest BCUT2D eigenvalue weighted by Crippen LogP contribution is 2.23. The van der Waals surface area contributed by atoms with E-state index in [1.165, 1.54) is 10.7 Å². The minimum absolute atomic E-state index is 0.102. The molecule has 0 spiro atoms. The fourth-order valence-corrected chi connectivity index (χ4v) is 4.03. The van der Waals surface area contributed by atoms with Crippen molar-refractivity contribution in [2.24, 2.45) is 5.92 Å². The summed E-state index contributed by atoms with van der Waals surface area (Å²) in [6.07, 6.45) is 5.91. The van der Waals surface area contributed by atoms with Crippen molar-refractivity contribution in [3.8, 4) is 0 Å². The summed E-state index contributed by atoms with van der Waals surface area (Å²) >= 11 is 0. The lowest BCUT2D eigenvalue weighted by atomic mass is 9.96. The largest absolute Gasteiger partial charge is 0.395 e. The van der Waals surface area contributed by atoms with Crippen LogP contribution < -0.4 is 4.72 Å². The van der Waals surface area contributed by atoms with E-state index < -0.39 is 16.3 Å². The van der Waals surface area contributed by atoms with Crippen LogP contribution in [0.25, 0.3) is 0 Å². The zero-order valence-corrected chi connectivity index (χ0v) is 13.1. The summed E-state index contributed by atoms with van der Waals surface area (Å²) in [6.45, 7) is 3.87. The van der Waals surface area contributed by atoms with E-state index in [1.807, 2.05) is 13.8 Å². The van der Waals surface area contributed by atoms with E-state index in [1.54, 1.807) is 7.05 Å². The highest BCUT2D eigenvalue weighted by atomic mass is 32.2. The molecule has 0 aromatic carbocycles. The lowest BCUT2D eigenvalue weighted by Crippen LogP contribution is -2.49. The molecule has 114 valence electrons. The summed E-state index contributed by atoms with van der Waals surface area (Å²) < 4.78 is 28.6. The predicted molar refractivity (Wildman–Crippen MR) is 77.0 cm³/mol. The fourth-order valence-electron chi connectivity index (χ4n) is 2.66. The Morgan fingerprint density at radius 2 is 1.84 bits per heavy atom. The van der Waals surface area contributed by atoms with Crippen molar-refractivity contribution < 1.29 is 13.5 Å². The lowest BCUT2D eigenvalue weighted by molar-refractivity contribution is 0.232. The van der Waals surface area contributed by atoms with Gasteiger partial charge in [0.2, 0.25) is 0 Å². The zero-order chi connectivity index (χ0) is 14.5. The standard InChI is InChI=1S/C13H28N2O3S/c1-11(2)9-12(10-16)14-19(17,18)15(3)13-7-5-4-6-8-13/h11-14,16H,4-10H2,1-3H3. The Morgan fingerprint density at radius 3 is 2.32 bits per heavy atom. The van der Waals surface area contributed by atoms with Crippen molar-refractivity contribution in [3.05, 3.63) is 0 Å². The van der Waals surface area contributed by atoms with Gasteiger partial charge in [-0.05, 0) is 25.2 Å². The molecule has 0 saturated heterocycles. The Bertz CT molecular complexity index is 351. The number of aliphatic hydroxyl groups excluding tert-OH is 1. The Kier molecular flexibility index (Phi) is 6.73. The van der Waals surface area contributed by atoms with Crippen molar-refractivity contribution in [2.75, 3.05) is 13.7 Å². The molecule has 0 aromatic heterocycles. The molecular formula is C13H28N2O3S. The first kappa shape index (κ1) is 16.9. The quantitative estimate of drug-likeness (QED) is 0.747. The molecule has 0 aliphatic heterocycles.